The van der Waals surface area contributed by atoms with E-state index >= 15 is 0 Å². The second-order valence-corrected chi connectivity index (χ2v) is 8.94. The fourth-order valence-corrected chi connectivity index (χ4v) is 4.61. The summed E-state index contributed by atoms with van der Waals surface area (Å²) in [5.41, 5.74) is 1.03. The van der Waals surface area contributed by atoms with Crippen molar-refractivity contribution in [3.8, 4) is 11.5 Å². The molecule has 146 valence electrons. The smallest absolute Gasteiger partial charge is 0.214 e. The molecule has 0 radical (unpaired) electrons. The molecular formula is C21H27NO4S. The van der Waals surface area contributed by atoms with E-state index in [1.807, 2.05) is 42.5 Å². The third-order valence-corrected chi connectivity index (χ3v) is 6.55. The zero-order valence-electron chi connectivity index (χ0n) is 15.7. The minimum absolute atomic E-state index is 0.0550. The topological polar surface area (TPSA) is 64.6 Å². The van der Waals surface area contributed by atoms with Gasteiger partial charge >= 0.3 is 0 Å². The van der Waals surface area contributed by atoms with Crippen LogP contribution in [-0.2, 0) is 15.4 Å². The highest BCUT2D eigenvalue weighted by Crippen LogP contribution is 2.41. The molecule has 1 fully saturated rings. The van der Waals surface area contributed by atoms with Crippen molar-refractivity contribution < 1.29 is 17.9 Å². The number of methoxy groups -OCH3 is 1. The molecule has 0 unspecified atom stereocenters. The van der Waals surface area contributed by atoms with Crippen molar-refractivity contribution in [2.75, 3.05) is 26.0 Å². The summed E-state index contributed by atoms with van der Waals surface area (Å²) < 4.78 is 38.4. The molecule has 0 atom stereocenters. The van der Waals surface area contributed by atoms with Gasteiger partial charge in [-0.2, -0.15) is 0 Å². The summed E-state index contributed by atoms with van der Waals surface area (Å²) in [7, 11) is -1.75. The van der Waals surface area contributed by atoms with Gasteiger partial charge in [0.2, 0.25) is 10.0 Å². The fourth-order valence-electron chi connectivity index (χ4n) is 3.67. The molecule has 0 aliphatic heterocycles. The Morgan fingerprint density at radius 1 is 0.963 bits per heavy atom. The summed E-state index contributed by atoms with van der Waals surface area (Å²) >= 11 is 0. The van der Waals surface area contributed by atoms with Crippen molar-refractivity contribution in [3.05, 3.63) is 60.2 Å². The zero-order chi connectivity index (χ0) is 19.2. The molecule has 1 aliphatic carbocycles. The molecule has 0 heterocycles. The molecule has 6 heteroatoms. The van der Waals surface area contributed by atoms with E-state index in [0.717, 1.165) is 31.4 Å². The van der Waals surface area contributed by atoms with Gasteiger partial charge in [-0.3, -0.25) is 0 Å². The van der Waals surface area contributed by atoms with E-state index in [1.165, 1.54) is 5.56 Å². The molecule has 27 heavy (non-hydrogen) atoms. The van der Waals surface area contributed by atoms with Gasteiger partial charge in [0.05, 0.1) is 12.9 Å². The van der Waals surface area contributed by atoms with Crippen LogP contribution in [0.5, 0.6) is 11.5 Å². The first kappa shape index (κ1) is 19.7. The van der Waals surface area contributed by atoms with Gasteiger partial charge in [-0.05, 0) is 42.7 Å². The largest absolute Gasteiger partial charge is 0.497 e. The minimum Gasteiger partial charge on any atom is -0.497 e. The summed E-state index contributed by atoms with van der Waals surface area (Å²) in [4.78, 5) is 0. The van der Waals surface area contributed by atoms with E-state index in [1.54, 1.807) is 7.11 Å². The molecule has 1 saturated carbocycles. The predicted molar refractivity (Wildman–Crippen MR) is 107 cm³/mol. The molecule has 0 aromatic heterocycles. The van der Waals surface area contributed by atoms with E-state index in [2.05, 4.69) is 16.9 Å². The van der Waals surface area contributed by atoms with Crippen molar-refractivity contribution in [1.82, 2.24) is 4.72 Å². The molecule has 1 N–H and O–H groups in total. The Balaban J connectivity index is 1.59. The lowest BCUT2D eigenvalue weighted by Gasteiger charge is -2.30. The Kier molecular flexibility index (Phi) is 6.39. The van der Waals surface area contributed by atoms with Gasteiger partial charge < -0.3 is 9.47 Å². The normalized spacial score (nSPS) is 16.2. The van der Waals surface area contributed by atoms with Gasteiger partial charge in [0.1, 0.15) is 18.1 Å². The minimum atomic E-state index is -3.40. The van der Waals surface area contributed by atoms with Crippen molar-refractivity contribution in [2.45, 2.75) is 31.1 Å². The van der Waals surface area contributed by atoms with Crippen molar-refractivity contribution in [3.63, 3.8) is 0 Å². The first-order valence-electron chi connectivity index (χ1n) is 9.33. The summed E-state index contributed by atoms with van der Waals surface area (Å²) in [5.74, 6) is 1.43. The second kappa shape index (κ2) is 8.76. The lowest BCUT2D eigenvalue weighted by atomic mass is 9.79. The van der Waals surface area contributed by atoms with E-state index in [0.29, 0.717) is 12.3 Å². The number of benzene rings is 2. The molecule has 3 rings (SSSR count). The van der Waals surface area contributed by atoms with Crippen LogP contribution in [0.1, 0.15) is 31.2 Å². The highest BCUT2D eigenvalue weighted by Gasteiger charge is 2.36. The number of sulfonamides is 1. The first-order valence-corrected chi connectivity index (χ1v) is 11.0. The molecule has 1 aliphatic rings. The van der Waals surface area contributed by atoms with Crippen LogP contribution in [0.15, 0.2) is 54.6 Å². The second-order valence-electron chi connectivity index (χ2n) is 7.02. The van der Waals surface area contributed by atoms with Crippen LogP contribution in [0.2, 0.25) is 0 Å². The van der Waals surface area contributed by atoms with Crippen LogP contribution in [0.3, 0.4) is 0 Å². The van der Waals surface area contributed by atoms with Crippen LogP contribution in [0.4, 0.5) is 0 Å². The highest BCUT2D eigenvalue weighted by atomic mass is 32.2. The molecule has 5 nitrogen and oxygen atoms in total. The number of ether oxygens (including phenoxy) is 2. The van der Waals surface area contributed by atoms with Gasteiger partial charge in [-0.1, -0.05) is 43.2 Å². The number of nitrogens with one attached hydrogen (secondary N) is 1. The monoisotopic (exact) mass is 389 g/mol. The van der Waals surface area contributed by atoms with Gasteiger partial charge in [0, 0.05) is 12.0 Å². The Bertz CT molecular complexity index is 813. The molecular weight excluding hydrogens is 362 g/mol. The Labute approximate surface area is 161 Å². The third kappa shape index (κ3) is 5.23. The van der Waals surface area contributed by atoms with Crippen LogP contribution in [0, 0.1) is 0 Å². The molecule has 0 saturated heterocycles. The lowest BCUT2D eigenvalue weighted by molar-refractivity contribution is 0.339. The fraction of sp³-hybridized carbons (Fsp3) is 0.429. The maximum absolute atomic E-state index is 12.4. The highest BCUT2D eigenvalue weighted by molar-refractivity contribution is 7.89. The third-order valence-electron chi connectivity index (χ3n) is 5.26. The summed E-state index contributed by atoms with van der Waals surface area (Å²) in [6.45, 7) is 0.557. The Morgan fingerprint density at radius 3 is 2.26 bits per heavy atom. The molecule has 2 aromatic carbocycles. The van der Waals surface area contributed by atoms with E-state index in [4.69, 9.17) is 9.47 Å². The van der Waals surface area contributed by atoms with Crippen molar-refractivity contribution in [1.29, 1.82) is 0 Å². The van der Waals surface area contributed by atoms with Gasteiger partial charge in [-0.15, -0.1) is 0 Å². The molecule has 2 aromatic rings. The Morgan fingerprint density at radius 2 is 1.63 bits per heavy atom. The number of hydrogen-bond acceptors (Lipinski definition) is 4. The average molecular weight is 390 g/mol. The van der Waals surface area contributed by atoms with E-state index in [9.17, 15) is 8.42 Å². The van der Waals surface area contributed by atoms with Crippen LogP contribution in [0.25, 0.3) is 0 Å². The number of rotatable bonds is 9. The Hall–Kier alpha value is -2.05. The zero-order valence-corrected chi connectivity index (χ0v) is 16.5. The molecule has 0 spiro atoms. The van der Waals surface area contributed by atoms with Crippen molar-refractivity contribution >= 4 is 10.0 Å². The van der Waals surface area contributed by atoms with Gasteiger partial charge in [-0.25, -0.2) is 13.1 Å². The predicted octanol–water partition coefficient (Wildman–Crippen LogP) is 3.51. The van der Waals surface area contributed by atoms with Gasteiger partial charge in [0.25, 0.3) is 0 Å². The average Bonchev–Trinajstić information content (AvgIpc) is 3.18. The maximum Gasteiger partial charge on any atom is 0.214 e. The molecule has 0 amide bonds. The summed E-state index contributed by atoms with van der Waals surface area (Å²) in [6, 6.07) is 17.2. The van der Waals surface area contributed by atoms with Crippen LogP contribution >= 0.6 is 0 Å². The van der Waals surface area contributed by atoms with Crippen LogP contribution < -0.4 is 14.2 Å². The summed E-state index contributed by atoms with van der Waals surface area (Å²) in [6.07, 6.45) is 4.21. The molecule has 0 bridgehead atoms. The van der Waals surface area contributed by atoms with Gasteiger partial charge in [0.15, 0.2) is 0 Å². The van der Waals surface area contributed by atoms with Crippen LogP contribution in [-0.4, -0.2) is 34.4 Å². The SMILES string of the molecule is COc1ccc(C2(CNS(=O)(=O)CCOc3ccccc3)CCCC2)cc1. The lowest BCUT2D eigenvalue weighted by Crippen LogP contribution is -2.40. The van der Waals surface area contributed by atoms with E-state index in [-0.39, 0.29) is 17.8 Å². The summed E-state index contributed by atoms with van der Waals surface area (Å²) in [5, 5.41) is 0. The standard InChI is InChI=1S/C21H27NO4S/c1-25-19-11-9-18(10-12-19)21(13-5-6-14-21)17-22-27(23,24)16-15-26-20-7-3-2-4-8-20/h2-4,7-12,22H,5-6,13-17H2,1H3. The quantitative estimate of drug-likeness (QED) is 0.713. The van der Waals surface area contributed by atoms with E-state index < -0.39 is 10.0 Å². The number of hydrogen-bond donors (Lipinski definition) is 1. The number of para-hydroxylation sites is 1. The maximum atomic E-state index is 12.4. The van der Waals surface area contributed by atoms with Crippen molar-refractivity contribution in [2.24, 2.45) is 0 Å². The first-order chi connectivity index (χ1) is 13.0.